The molecule has 0 bridgehead atoms. The molecular weight excluding hydrogens is 352 g/mol. The molecule has 0 spiro atoms. The molecule has 0 unspecified atom stereocenters. The Morgan fingerprint density at radius 2 is 1.32 bits per heavy atom. The van der Waals surface area contributed by atoms with Crippen LogP contribution in [0.15, 0.2) is 84.9 Å². The Bertz CT molecular complexity index is 911. The first-order chi connectivity index (χ1) is 13.7. The van der Waals surface area contributed by atoms with Crippen molar-refractivity contribution in [1.82, 2.24) is 10.9 Å². The smallest absolute Gasteiger partial charge is 0.273 e. The molecule has 0 atom stereocenters. The summed E-state index contributed by atoms with van der Waals surface area (Å²) in [6.45, 7) is 0.356. The van der Waals surface area contributed by atoms with Gasteiger partial charge >= 0.3 is 0 Å². The molecule has 0 saturated carbocycles. The van der Waals surface area contributed by atoms with Gasteiger partial charge in [-0.1, -0.05) is 72.8 Å². The molecule has 142 valence electrons. The van der Waals surface area contributed by atoms with Gasteiger partial charge in [0.05, 0.1) is 5.56 Å². The summed E-state index contributed by atoms with van der Waals surface area (Å²) in [6.07, 6.45) is 0.899. The monoisotopic (exact) mass is 374 g/mol. The van der Waals surface area contributed by atoms with Gasteiger partial charge in [0.1, 0.15) is 12.4 Å². The summed E-state index contributed by atoms with van der Waals surface area (Å²) < 4.78 is 5.78. The molecule has 3 rings (SSSR count). The minimum absolute atomic E-state index is 0.250. The van der Waals surface area contributed by atoms with Crippen LogP contribution in [-0.4, -0.2) is 11.8 Å². The highest BCUT2D eigenvalue weighted by molar-refractivity contribution is 5.97. The van der Waals surface area contributed by atoms with Crippen molar-refractivity contribution >= 4 is 11.8 Å². The van der Waals surface area contributed by atoms with Gasteiger partial charge in [-0.15, -0.1) is 0 Å². The maximum atomic E-state index is 12.4. The molecule has 2 N–H and O–H groups in total. The third-order valence-electron chi connectivity index (χ3n) is 4.17. The highest BCUT2D eigenvalue weighted by atomic mass is 16.5. The molecule has 0 heterocycles. The van der Waals surface area contributed by atoms with Crippen molar-refractivity contribution in [2.75, 3.05) is 0 Å². The van der Waals surface area contributed by atoms with E-state index in [0.29, 0.717) is 24.3 Å². The molecule has 3 aromatic carbocycles. The number of hydrogen-bond acceptors (Lipinski definition) is 3. The van der Waals surface area contributed by atoms with Crippen LogP contribution in [-0.2, 0) is 17.8 Å². The van der Waals surface area contributed by atoms with E-state index in [1.807, 2.05) is 60.7 Å². The predicted molar refractivity (Wildman–Crippen MR) is 108 cm³/mol. The Hall–Kier alpha value is -3.60. The lowest BCUT2D eigenvalue weighted by atomic mass is 10.1. The third kappa shape index (κ3) is 5.71. The van der Waals surface area contributed by atoms with E-state index in [2.05, 4.69) is 10.9 Å². The lowest BCUT2D eigenvalue weighted by molar-refractivity contribution is -0.121. The lowest BCUT2D eigenvalue weighted by Gasteiger charge is -2.12. The van der Waals surface area contributed by atoms with Crippen LogP contribution >= 0.6 is 0 Å². The number of hydrogen-bond donors (Lipinski definition) is 2. The maximum Gasteiger partial charge on any atom is 0.273 e. The van der Waals surface area contributed by atoms with E-state index in [4.69, 9.17) is 4.74 Å². The summed E-state index contributed by atoms with van der Waals surface area (Å²) in [4.78, 5) is 24.4. The van der Waals surface area contributed by atoms with Gasteiger partial charge in [0, 0.05) is 6.42 Å². The molecule has 0 aliphatic carbocycles. The van der Waals surface area contributed by atoms with Crippen molar-refractivity contribution in [2.24, 2.45) is 0 Å². The van der Waals surface area contributed by atoms with Crippen molar-refractivity contribution in [3.63, 3.8) is 0 Å². The van der Waals surface area contributed by atoms with E-state index in [1.165, 1.54) is 0 Å². The topological polar surface area (TPSA) is 67.4 Å². The Kier molecular flexibility index (Phi) is 6.79. The van der Waals surface area contributed by atoms with Crippen LogP contribution in [0.2, 0.25) is 0 Å². The number of benzene rings is 3. The van der Waals surface area contributed by atoms with Crippen LogP contribution < -0.4 is 15.6 Å². The minimum Gasteiger partial charge on any atom is -0.488 e. The number of carbonyl (C=O) groups is 2. The van der Waals surface area contributed by atoms with Crippen molar-refractivity contribution in [3.8, 4) is 5.75 Å². The van der Waals surface area contributed by atoms with Gasteiger partial charge < -0.3 is 4.74 Å². The summed E-state index contributed by atoms with van der Waals surface area (Å²) in [5, 5.41) is 0. The van der Waals surface area contributed by atoms with E-state index >= 15 is 0 Å². The average Bonchev–Trinajstić information content (AvgIpc) is 2.76. The van der Waals surface area contributed by atoms with Gasteiger partial charge in [-0.3, -0.25) is 20.4 Å². The number of para-hydroxylation sites is 1. The highest BCUT2D eigenvalue weighted by Gasteiger charge is 2.13. The third-order valence-corrected chi connectivity index (χ3v) is 4.17. The van der Waals surface area contributed by atoms with E-state index in [9.17, 15) is 9.59 Å². The molecule has 3 aromatic rings. The molecule has 28 heavy (non-hydrogen) atoms. The maximum absolute atomic E-state index is 12.4. The summed E-state index contributed by atoms with van der Waals surface area (Å²) >= 11 is 0. The van der Waals surface area contributed by atoms with Crippen molar-refractivity contribution in [1.29, 1.82) is 0 Å². The molecule has 5 nitrogen and oxygen atoms in total. The molecule has 0 radical (unpaired) electrons. The predicted octanol–water partition coefficient (Wildman–Crippen LogP) is 3.66. The quantitative estimate of drug-likeness (QED) is 0.620. The standard InChI is InChI=1S/C23H22N2O3/c26-22(16-15-18-9-3-1-4-10-18)24-25-23(27)20-13-7-8-14-21(20)28-17-19-11-5-2-6-12-19/h1-14H,15-17H2,(H,24,26)(H,25,27). The average molecular weight is 374 g/mol. The number of amides is 2. The molecule has 0 aromatic heterocycles. The molecule has 0 aliphatic rings. The van der Waals surface area contributed by atoms with Crippen LogP contribution in [0, 0.1) is 0 Å². The van der Waals surface area contributed by atoms with Gasteiger partial charge in [-0.05, 0) is 29.7 Å². The van der Waals surface area contributed by atoms with Gasteiger partial charge in [0.25, 0.3) is 5.91 Å². The fourth-order valence-corrected chi connectivity index (χ4v) is 2.67. The van der Waals surface area contributed by atoms with E-state index in [1.54, 1.807) is 24.3 Å². The fourth-order valence-electron chi connectivity index (χ4n) is 2.67. The summed E-state index contributed by atoms with van der Waals surface area (Å²) in [5.74, 6) is -0.209. The molecular formula is C23H22N2O3. The van der Waals surface area contributed by atoms with E-state index < -0.39 is 5.91 Å². The molecule has 0 fully saturated rings. The zero-order valence-corrected chi connectivity index (χ0v) is 15.4. The Morgan fingerprint density at radius 1 is 0.714 bits per heavy atom. The summed E-state index contributed by atoms with van der Waals surface area (Å²) in [6, 6.07) is 26.4. The zero-order chi connectivity index (χ0) is 19.6. The van der Waals surface area contributed by atoms with Crippen LogP contribution in [0.1, 0.15) is 27.9 Å². The van der Waals surface area contributed by atoms with Crippen LogP contribution in [0.25, 0.3) is 0 Å². The second kappa shape index (κ2) is 9.92. The summed E-state index contributed by atoms with van der Waals surface area (Å²) in [5.41, 5.74) is 7.36. The van der Waals surface area contributed by atoms with Gasteiger partial charge in [-0.2, -0.15) is 0 Å². The second-order valence-electron chi connectivity index (χ2n) is 6.26. The van der Waals surface area contributed by atoms with Crippen molar-refractivity contribution in [2.45, 2.75) is 19.4 Å². The van der Waals surface area contributed by atoms with Crippen LogP contribution in [0.5, 0.6) is 5.75 Å². The van der Waals surface area contributed by atoms with E-state index in [-0.39, 0.29) is 12.3 Å². The SMILES string of the molecule is O=C(CCc1ccccc1)NNC(=O)c1ccccc1OCc1ccccc1. The number of carbonyl (C=O) groups excluding carboxylic acids is 2. The highest BCUT2D eigenvalue weighted by Crippen LogP contribution is 2.19. The minimum atomic E-state index is -0.420. The number of rotatable bonds is 7. The van der Waals surface area contributed by atoms with Gasteiger partial charge in [0.2, 0.25) is 5.91 Å². The first kappa shape index (κ1) is 19.2. The van der Waals surface area contributed by atoms with Crippen molar-refractivity contribution < 1.29 is 14.3 Å². The Morgan fingerprint density at radius 3 is 2.04 bits per heavy atom. The number of ether oxygens (including phenoxy) is 1. The fraction of sp³-hybridized carbons (Fsp3) is 0.130. The van der Waals surface area contributed by atoms with Gasteiger partial charge in [-0.25, -0.2) is 0 Å². The van der Waals surface area contributed by atoms with E-state index in [0.717, 1.165) is 11.1 Å². The molecule has 0 saturated heterocycles. The zero-order valence-electron chi connectivity index (χ0n) is 15.4. The first-order valence-corrected chi connectivity index (χ1v) is 9.11. The number of aryl methyl sites for hydroxylation is 1. The van der Waals surface area contributed by atoms with Crippen LogP contribution in [0.3, 0.4) is 0 Å². The molecule has 0 aliphatic heterocycles. The Labute approximate surface area is 164 Å². The Balaban J connectivity index is 1.51. The first-order valence-electron chi connectivity index (χ1n) is 9.11. The molecule has 5 heteroatoms. The second-order valence-corrected chi connectivity index (χ2v) is 6.26. The van der Waals surface area contributed by atoms with Gasteiger partial charge in [0.15, 0.2) is 0 Å². The number of nitrogens with one attached hydrogen (secondary N) is 2. The normalized spacial score (nSPS) is 10.1. The molecule has 2 amide bonds. The lowest BCUT2D eigenvalue weighted by Crippen LogP contribution is -2.41. The number of hydrazine groups is 1. The van der Waals surface area contributed by atoms with Crippen LogP contribution in [0.4, 0.5) is 0 Å². The largest absolute Gasteiger partial charge is 0.488 e. The summed E-state index contributed by atoms with van der Waals surface area (Å²) in [7, 11) is 0. The van der Waals surface area contributed by atoms with Crippen molar-refractivity contribution in [3.05, 3.63) is 102 Å².